The van der Waals surface area contributed by atoms with Crippen molar-refractivity contribution >= 4 is 38.9 Å². The number of nitrogens with one attached hydrogen (secondary N) is 1. The Labute approximate surface area is 115 Å². The Balaban J connectivity index is 2.39. The zero-order valence-electron chi connectivity index (χ0n) is 9.43. The van der Waals surface area contributed by atoms with Gasteiger partial charge in [0, 0.05) is 11.8 Å². The van der Waals surface area contributed by atoms with Gasteiger partial charge in [0.25, 0.3) is 0 Å². The molecule has 3 N–H and O–H groups in total. The third kappa shape index (κ3) is 2.97. The first-order chi connectivity index (χ1) is 8.97. The minimum Gasteiger partial charge on any atom is -0.384 e. The van der Waals surface area contributed by atoms with Gasteiger partial charge in [-0.25, -0.2) is 9.37 Å². The Morgan fingerprint density at radius 1 is 1.37 bits per heavy atom. The Bertz CT molecular complexity index is 651. The van der Waals surface area contributed by atoms with Gasteiger partial charge in [0.1, 0.15) is 11.6 Å². The number of nitro groups is 1. The van der Waals surface area contributed by atoms with Gasteiger partial charge >= 0.3 is 5.69 Å². The van der Waals surface area contributed by atoms with E-state index in [-0.39, 0.29) is 21.8 Å². The molecule has 8 heteroatoms. The summed E-state index contributed by atoms with van der Waals surface area (Å²) in [6, 6.07) is 6.70. The van der Waals surface area contributed by atoms with E-state index >= 15 is 0 Å². The van der Waals surface area contributed by atoms with E-state index in [0.29, 0.717) is 5.69 Å². The molecule has 98 valence electrons. The second-order valence-electron chi connectivity index (χ2n) is 3.61. The van der Waals surface area contributed by atoms with E-state index in [4.69, 9.17) is 5.73 Å². The van der Waals surface area contributed by atoms with Crippen LogP contribution < -0.4 is 11.1 Å². The molecule has 0 bridgehead atoms. The molecule has 6 nitrogen and oxygen atoms in total. The van der Waals surface area contributed by atoms with Crippen molar-refractivity contribution < 1.29 is 9.31 Å². The van der Waals surface area contributed by atoms with Gasteiger partial charge in [-0.05, 0) is 40.2 Å². The molecule has 19 heavy (non-hydrogen) atoms. The number of anilines is 3. The quantitative estimate of drug-likeness (QED) is 0.667. The van der Waals surface area contributed by atoms with Crippen LogP contribution in [0.5, 0.6) is 0 Å². The molecular formula is C11H8BrFN4O2. The molecule has 0 atom stereocenters. The lowest BCUT2D eigenvalue weighted by Gasteiger charge is -2.07. The molecule has 2 rings (SSSR count). The normalized spacial score (nSPS) is 10.2. The Hall–Kier alpha value is -2.22. The Morgan fingerprint density at radius 2 is 2.11 bits per heavy atom. The van der Waals surface area contributed by atoms with Crippen LogP contribution in [0.15, 0.2) is 34.8 Å². The Kier molecular flexibility index (Phi) is 3.61. The summed E-state index contributed by atoms with van der Waals surface area (Å²) in [5.74, 6) is -0.279. The van der Waals surface area contributed by atoms with Crippen molar-refractivity contribution in [3.8, 4) is 0 Å². The molecule has 0 spiro atoms. The van der Waals surface area contributed by atoms with Crippen LogP contribution in [0.1, 0.15) is 0 Å². The third-order valence-electron chi connectivity index (χ3n) is 2.27. The molecule has 0 aliphatic rings. The minimum absolute atomic E-state index is 0.00325. The average Bonchev–Trinajstić information content (AvgIpc) is 2.33. The number of hydrogen-bond acceptors (Lipinski definition) is 5. The first-order valence-electron chi connectivity index (χ1n) is 5.10. The predicted octanol–water partition coefficient (Wildman–Crippen LogP) is 3.22. The molecule has 1 heterocycles. The summed E-state index contributed by atoms with van der Waals surface area (Å²) in [7, 11) is 0. The number of benzene rings is 1. The first kappa shape index (κ1) is 13.2. The van der Waals surface area contributed by atoms with E-state index < -0.39 is 10.7 Å². The van der Waals surface area contributed by atoms with Crippen molar-refractivity contribution in [2.24, 2.45) is 0 Å². The highest BCUT2D eigenvalue weighted by atomic mass is 79.9. The fraction of sp³-hybridized carbons (Fsp3) is 0. The number of aromatic nitrogens is 1. The summed E-state index contributed by atoms with van der Waals surface area (Å²) < 4.78 is 13.3. The number of nitrogens with two attached hydrogens (primary N) is 1. The zero-order chi connectivity index (χ0) is 14.0. The van der Waals surface area contributed by atoms with Crippen LogP contribution in [0.4, 0.5) is 27.4 Å². The number of pyridine rings is 1. The van der Waals surface area contributed by atoms with Gasteiger partial charge in [-0.15, -0.1) is 0 Å². The predicted molar refractivity (Wildman–Crippen MR) is 72.7 cm³/mol. The van der Waals surface area contributed by atoms with Crippen LogP contribution in [0, 0.1) is 15.9 Å². The molecule has 1 aromatic carbocycles. The van der Waals surface area contributed by atoms with Crippen molar-refractivity contribution in [3.63, 3.8) is 0 Å². The summed E-state index contributed by atoms with van der Waals surface area (Å²) >= 11 is 3.03. The van der Waals surface area contributed by atoms with Crippen LogP contribution in [0.3, 0.4) is 0 Å². The van der Waals surface area contributed by atoms with Crippen LogP contribution in [-0.2, 0) is 0 Å². The van der Waals surface area contributed by atoms with Gasteiger partial charge in [0.2, 0.25) is 5.82 Å². The van der Waals surface area contributed by atoms with E-state index in [1.807, 2.05) is 0 Å². The van der Waals surface area contributed by atoms with Crippen LogP contribution in [0.25, 0.3) is 0 Å². The van der Waals surface area contributed by atoms with Crippen molar-refractivity contribution in [3.05, 3.63) is 50.7 Å². The van der Waals surface area contributed by atoms with Gasteiger partial charge in [-0.1, -0.05) is 0 Å². The number of nitrogens with zero attached hydrogens (tertiary/aromatic N) is 2. The molecule has 0 unspecified atom stereocenters. The summed E-state index contributed by atoms with van der Waals surface area (Å²) in [6.07, 6.45) is 0. The molecule has 1 aromatic heterocycles. The van der Waals surface area contributed by atoms with Crippen molar-refractivity contribution in [2.45, 2.75) is 0 Å². The van der Waals surface area contributed by atoms with Gasteiger partial charge < -0.3 is 11.1 Å². The molecule has 0 saturated heterocycles. The zero-order valence-corrected chi connectivity index (χ0v) is 11.0. The standard InChI is InChI=1S/C11H8BrFN4O2/c12-7-5-6(1-2-8(7)13)15-11-9(17(18)19)3-4-10(14)16-11/h1-5H,(H3,14,15,16). The molecule has 0 amide bonds. The molecule has 0 fully saturated rings. The molecule has 2 aromatic rings. The second-order valence-corrected chi connectivity index (χ2v) is 4.47. The van der Waals surface area contributed by atoms with E-state index in [1.165, 1.54) is 30.3 Å². The third-order valence-corrected chi connectivity index (χ3v) is 2.88. The highest BCUT2D eigenvalue weighted by Crippen LogP contribution is 2.28. The summed E-state index contributed by atoms with van der Waals surface area (Å²) in [5, 5.41) is 13.6. The molecule has 0 radical (unpaired) electrons. The Morgan fingerprint density at radius 3 is 2.74 bits per heavy atom. The number of halogens is 2. The fourth-order valence-electron chi connectivity index (χ4n) is 1.42. The fourth-order valence-corrected chi connectivity index (χ4v) is 1.80. The summed E-state index contributed by atoms with van der Waals surface area (Å²) in [5.41, 5.74) is 5.73. The van der Waals surface area contributed by atoms with Gasteiger partial charge in [0.05, 0.1) is 9.40 Å². The second kappa shape index (κ2) is 5.19. The lowest BCUT2D eigenvalue weighted by molar-refractivity contribution is -0.384. The number of nitrogen functional groups attached to an aromatic ring is 1. The highest BCUT2D eigenvalue weighted by molar-refractivity contribution is 9.10. The van der Waals surface area contributed by atoms with E-state index in [2.05, 4.69) is 26.2 Å². The lowest BCUT2D eigenvalue weighted by Crippen LogP contribution is -2.02. The number of rotatable bonds is 3. The molecule has 0 aliphatic heterocycles. The average molecular weight is 327 g/mol. The topological polar surface area (TPSA) is 94.1 Å². The van der Waals surface area contributed by atoms with E-state index in [9.17, 15) is 14.5 Å². The van der Waals surface area contributed by atoms with Crippen molar-refractivity contribution in [2.75, 3.05) is 11.1 Å². The first-order valence-corrected chi connectivity index (χ1v) is 5.89. The summed E-state index contributed by atoms with van der Waals surface area (Å²) in [4.78, 5) is 14.1. The van der Waals surface area contributed by atoms with Crippen LogP contribution in [-0.4, -0.2) is 9.91 Å². The largest absolute Gasteiger partial charge is 0.384 e. The van der Waals surface area contributed by atoms with E-state index in [0.717, 1.165) is 0 Å². The minimum atomic E-state index is -0.576. The van der Waals surface area contributed by atoms with Crippen molar-refractivity contribution in [1.29, 1.82) is 0 Å². The van der Waals surface area contributed by atoms with Crippen LogP contribution in [0.2, 0.25) is 0 Å². The van der Waals surface area contributed by atoms with E-state index in [1.54, 1.807) is 0 Å². The molecular weight excluding hydrogens is 319 g/mol. The smallest absolute Gasteiger partial charge is 0.311 e. The van der Waals surface area contributed by atoms with Crippen LogP contribution >= 0.6 is 15.9 Å². The lowest BCUT2D eigenvalue weighted by atomic mass is 10.3. The molecule has 0 saturated carbocycles. The summed E-state index contributed by atoms with van der Waals surface area (Å²) in [6.45, 7) is 0. The van der Waals surface area contributed by atoms with Gasteiger partial charge in [0.15, 0.2) is 0 Å². The maximum Gasteiger partial charge on any atom is 0.311 e. The highest BCUT2D eigenvalue weighted by Gasteiger charge is 2.16. The maximum absolute atomic E-state index is 13.1. The van der Waals surface area contributed by atoms with Crippen molar-refractivity contribution in [1.82, 2.24) is 4.98 Å². The monoisotopic (exact) mass is 326 g/mol. The maximum atomic E-state index is 13.1. The SMILES string of the molecule is Nc1ccc([N+](=O)[O-])c(Nc2ccc(F)c(Br)c2)n1. The van der Waals surface area contributed by atoms with Gasteiger partial charge in [-0.2, -0.15) is 0 Å². The molecule has 0 aliphatic carbocycles. The van der Waals surface area contributed by atoms with Gasteiger partial charge in [-0.3, -0.25) is 10.1 Å². The number of hydrogen-bond donors (Lipinski definition) is 2.